The van der Waals surface area contributed by atoms with E-state index in [4.69, 9.17) is 5.73 Å². The van der Waals surface area contributed by atoms with E-state index in [9.17, 15) is 4.79 Å². The molecule has 94 valence electrons. The van der Waals surface area contributed by atoms with Crippen molar-refractivity contribution in [1.82, 2.24) is 5.32 Å². The van der Waals surface area contributed by atoms with E-state index in [1.165, 1.54) is 5.56 Å². The van der Waals surface area contributed by atoms with Crippen LogP contribution in [0.1, 0.15) is 25.0 Å². The largest absolute Gasteiger partial charge is 0.369 e. The lowest BCUT2D eigenvalue weighted by Gasteiger charge is -2.01. The summed E-state index contributed by atoms with van der Waals surface area (Å²) in [6, 6.07) is 7.85. The maximum Gasteiger partial charge on any atom is 0.221 e. The molecule has 1 aromatic carbocycles. The van der Waals surface area contributed by atoms with Gasteiger partial charge in [-0.05, 0) is 32.0 Å². The van der Waals surface area contributed by atoms with E-state index in [1.807, 2.05) is 57.3 Å². The number of hydrogen-bond acceptors (Lipinski definition) is 2. The number of nitrogens with two attached hydrogens (primary N) is 1. The number of nitrogens with one attached hydrogen (secondary N) is 1. The van der Waals surface area contributed by atoms with Crippen molar-refractivity contribution < 1.29 is 4.79 Å². The zero-order chi connectivity index (χ0) is 13.1. The van der Waals surface area contributed by atoms with Crippen LogP contribution in [0.15, 0.2) is 36.4 Å². The lowest BCUT2D eigenvalue weighted by Crippen LogP contribution is -2.13. The molecule has 0 fully saturated rings. The first-order valence-electron chi connectivity index (χ1n) is 5.72. The Hall–Kier alpha value is -1.61. The van der Waals surface area contributed by atoms with Crippen LogP contribution >= 0.6 is 0 Å². The van der Waals surface area contributed by atoms with Gasteiger partial charge in [-0.1, -0.05) is 36.4 Å². The molecule has 0 saturated heterocycles. The van der Waals surface area contributed by atoms with Gasteiger partial charge >= 0.3 is 0 Å². The summed E-state index contributed by atoms with van der Waals surface area (Å²) in [6.07, 6.45) is 4.32. The fourth-order valence-corrected chi connectivity index (χ4v) is 1.18. The normalized spacial score (nSPS) is 9.82. The second-order valence-corrected chi connectivity index (χ2v) is 3.66. The van der Waals surface area contributed by atoms with Gasteiger partial charge in [-0.15, -0.1) is 0 Å². The molecule has 17 heavy (non-hydrogen) atoms. The van der Waals surface area contributed by atoms with Gasteiger partial charge in [0.25, 0.3) is 0 Å². The maximum absolute atomic E-state index is 10.6. The van der Waals surface area contributed by atoms with E-state index in [0.717, 1.165) is 12.1 Å². The van der Waals surface area contributed by atoms with Crippen LogP contribution in [0.3, 0.4) is 0 Å². The average molecular weight is 234 g/mol. The second-order valence-electron chi connectivity index (χ2n) is 3.66. The second kappa shape index (κ2) is 9.60. The van der Waals surface area contributed by atoms with Crippen LogP contribution in [0.25, 0.3) is 0 Å². The lowest BCUT2D eigenvalue weighted by molar-refractivity contribution is -0.117. The molecular weight excluding hydrogens is 212 g/mol. The van der Waals surface area contributed by atoms with Crippen molar-refractivity contribution in [3.8, 4) is 0 Å². The van der Waals surface area contributed by atoms with Gasteiger partial charge < -0.3 is 11.1 Å². The van der Waals surface area contributed by atoms with E-state index in [2.05, 4.69) is 5.32 Å². The topological polar surface area (TPSA) is 55.1 Å². The van der Waals surface area contributed by atoms with E-state index in [-0.39, 0.29) is 5.91 Å². The van der Waals surface area contributed by atoms with Gasteiger partial charge in [0.15, 0.2) is 0 Å². The fourth-order valence-electron chi connectivity index (χ4n) is 1.18. The molecule has 1 amide bonds. The van der Waals surface area contributed by atoms with Gasteiger partial charge in [-0.25, -0.2) is 0 Å². The lowest BCUT2D eigenvalue weighted by atomic mass is 10.1. The number of rotatable bonds is 4. The van der Waals surface area contributed by atoms with Crippen LogP contribution in [0, 0.1) is 0 Å². The molecule has 3 heteroatoms. The summed E-state index contributed by atoms with van der Waals surface area (Å²) in [6.45, 7) is 4.84. The minimum Gasteiger partial charge on any atom is -0.369 e. The van der Waals surface area contributed by atoms with Crippen molar-refractivity contribution in [3.63, 3.8) is 0 Å². The number of hydrogen-bond donors (Lipinski definition) is 2. The molecule has 3 nitrogen and oxygen atoms in total. The summed E-state index contributed by atoms with van der Waals surface area (Å²) in [5.74, 6) is -0.290. The number of allylic oxidation sites excluding steroid dienone is 2. The minimum absolute atomic E-state index is 0.290. The van der Waals surface area contributed by atoms with Gasteiger partial charge in [0.05, 0.1) is 6.42 Å². The van der Waals surface area contributed by atoms with Gasteiger partial charge in [0, 0.05) is 6.54 Å². The SMILES string of the molecule is C/C=C\C.CNCc1ccc(CC(N)=O)cc1. The standard InChI is InChI=1S/C10H14N2O.C4H8/c1-12-7-9-4-2-8(3-5-9)6-10(11)13;1-3-4-2/h2-5,12H,6-7H2,1H3,(H2,11,13);3-4H,1-2H3/b;4-3-. The molecule has 0 atom stereocenters. The first-order valence-corrected chi connectivity index (χ1v) is 5.72. The van der Waals surface area contributed by atoms with Crippen LogP contribution in [0.5, 0.6) is 0 Å². The summed E-state index contributed by atoms with van der Waals surface area (Å²) in [7, 11) is 1.90. The molecule has 0 aliphatic carbocycles. The van der Waals surface area contributed by atoms with Crippen LogP contribution in [0.4, 0.5) is 0 Å². The number of amides is 1. The third-order valence-corrected chi connectivity index (χ3v) is 2.12. The smallest absolute Gasteiger partial charge is 0.221 e. The molecule has 0 spiro atoms. The predicted molar refractivity (Wildman–Crippen MR) is 72.6 cm³/mol. The number of carbonyl (C=O) groups is 1. The summed E-state index contributed by atoms with van der Waals surface area (Å²) in [5, 5.41) is 3.05. The average Bonchev–Trinajstić information content (AvgIpc) is 2.32. The Balaban J connectivity index is 0.000000557. The molecule has 0 aliphatic heterocycles. The van der Waals surface area contributed by atoms with Crippen molar-refractivity contribution in [2.75, 3.05) is 7.05 Å². The van der Waals surface area contributed by atoms with Crippen molar-refractivity contribution in [3.05, 3.63) is 47.5 Å². The first-order chi connectivity index (χ1) is 8.13. The minimum atomic E-state index is -0.290. The zero-order valence-electron chi connectivity index (χ0n) is 10.9. The highest BCUT2D eigenvalue weighted by Crippen LogP contribution is 2.04. The van der Waals surface area contributed by atoms with Gasteiger partial charge in [0.2, 0.25) is 5.91 Å². The Kier molecular flexibility index (Phi) is 8.69. The maximum atomic E-state index is 10.6. The summed E-state index contributed by atoms with van der Waals surface area (Å²) < 4.78 is 0. The highest BCUT2D eigenvalue weighted by Gasteiger charge is 1.97. The highest BCUT2D eigenvalue weighted by atomic mass is 16.1. The highest BCUT2D eigenvalue weighted by molar-refractivity contribution is 5.76. The van der Waals surface area contributed by atoms with E-state index in [0.29, 0.717) is 6.42 Å². The number of primary amides is 1. The molecule has 0 heterocycles. The van der Waals surface area contributed by atoms with E-state index >= 15 is 0 Å². The Morgan fingerprint density at radius 1 is 1.18 bits per heavy atom. The first kappa shape index (κ1) is 15.4. The summed E-state index contributed by atoms with van der Waals surface area (Å²) in [5.41, 5.74) is 7.24. The van der Waals surface area contributed by atoms with E-state index < -0.39 is 0 Å². The molecule has 0 aromatic heterocycles. The number of benzene rings is 1. The van der Waals surface area contributed by atoms with Crippen LogP contribution < -0.4 is 11.1 Å². The third kappa shape index (κ3) is 8.22. The molecule has 0 saturated carbocycles. The third-order valence-electron chi connectivity index (χ3n) is 2.12. The molecular formula is C14H22N2O. The van der Waals surface area contributed by atoms with E-state index in [1.54, 1.807) is 0 Å². The zero-order valence-corrected chi connectivity index (χ0v) is 10.9. The molecule has 0 radical (unpaired) electrons. The molecule has 0 aliphatic rings. The van der Waals surface area contributed by atoms with Crippen LogP contribution in [-0.4, -0.2) is 13.0 Å². The van der Waals surface area contributed by atoms with Gasteiger partial charge in [-0.3, -0.25) is 4.79 Å². The molecule has 3 N–H and O–H groups in total. The summed E-state index contributed by atoms with van der Waals surface area (Å²) in [4.78, 5) is 10.6. The van der Waals surface area contributed by atoms with Crippen LogP contribution in [0.2, 0.25) is 0 Å². The Morgan fingerprint density at radius 2 is 1.65 bits per heavy atom. The molecule has 0 unspecified atom stereocenters. The van der Waals surface area contributed by atoms with Crippen molar-refractivity contribution in [1.29, 1.82) is 0 Å². The quantitative estimate of drug-likeness (QED) is 0.783. The molecule has 1 rings (SSSR count). The molecule has 0 bridgehead atoms. The van der Waals surface area contributed by atoms with Crippen molar-refractivity contribution in [2.24, 2.45) is 5.73 Å². The monoisotopic (exact) mass is 234 g/mol. The van der Waals surface area contributed by atoms with Crippen molar-refractivity contribution >= 4 is 5.91 Å². The molecule has 1 aromatic rings. The van der Waals surface area contributed by atoms with Gasteiger partial charge in [0.1, 0.15) is 0 Å². The summed E-state index contributed by atoms with van der Waals surface area (Å²) >= 11 is 0. The Labute approximate surface area is 104 Å². The predicted octanol–water partition coefficient (Wildman–Crippen LogP) is 2.02. The number of carbonyl (C=O) groups excluding carboxylic acids is 1. The van der Waals surface area contributed by atoms with Crippen molar-refractivity contribution in [2.45, 2.75) is 26.8 Å². The van der Waals surface area contributed by atoms with Gasteiger partial charge in [-0.2, -0.15) is 0 Å². The Bertz CT molecular complexity index is 338. The fraction of sp³-hybridized carbons (Fsp3) is 0.357. The Morgan fingerprint density at radius 3 is 2.00 bits per heavy atom. The van der Waals surface area contributed by atoms with Crippen LogP contribution in [-0.2, 0) is 17.8 Å².